The number of non-ortho nitro benzene ring substituents is 1. The van der Waals surface area contributed by atoms with Crippen LogP contribution in [-0.2, 0) is 14.2 Å². The van der Waals surface area contributed by atoms with E-state index in [-0.39, 0.29) is 41.4 Å². The molecule has 3 aromatic rings. The quantitative estimate of drug-likeness (QED) is 0.119. The second-order valence-corrected chi connectivity index (χ2v) is 9.43. The zero-order valence-corrected chi connectivity index (χ0v) is 21.0. The number of rotatable bonds is 6. The summed E-state index contributed by atoms with van der Waals surface area (Å²) >= 11 is 0. The van der Waals surface area contributed by atoms with Crippen molar-refractivity contribution >= 4 is 34.9 Å². The fourth-order valence-corrected chi connectivity index (χ4v) is 3.71. The molecular weight excluding hydrogens is 519 g/mol. The summed E-state index contributed by atoms with van der Waals surface area (Å²) in [7, 11) is 0. The Hall–Kier alpha value is -4.84. The smallest absolute Gasteiger partial charge is 0.444 e. The summed E-state index contributed by atoms with van der Waals surface area (Å²) in [6, 6.07) is 4.84. The van der Waals surface area contributed by atoms with Gasteiger partial charge < -0.3 is 18.9 Å². The lowest BCUT2D eigenvalue weighted by molar-refractivity contribution is -0.384. The van der Waals surface area contributed by atoms with Gasteiger partial charge in [0.05, 0.1) is 11.3 Å². The molecule has 1 amide bonds. The third-order valence-electron chi connectivity index (χ3n) is 5.42. The van der Waals surface area contributed by atoms with Crippen molar-refractivity contribution in [3.63, 3.8) is 0 Å². The number of carbonyl (C=O) groups is 2. The van der Waals surface area contributed by atoms with E-state index in [4.69, 9.17) is 25.4 Å². The van der Waals surface area contributed by atoms with Crippen LogP contribution in [0.2, 0.25) is 0 Å². The normalized spacial score (nSPS) is 18.8. The predicted molar refractivity (Wildman–Crippen MR) is 131 cm³/mol. The van der Waals surface area contributed by atoms with Gasteiger partial charge in [-0.25, -0.2) is 14.6 Å². The fourth-order valence-electron chi connectivity index (χ4n) is 3.71. The molecule has 14 nitrogen and oxygen atoms in total. The first-order valence-electron chi connectivity index (χ1n) is 11.5. The average molecular weight is 542 g/mol. The molecule has 0 spiro atoms. The van der Waals surface area contributed by atoms with Crippen molar-refractivity contribution in [2.24, 2.45) is 0 Å². The van der Waals surface area contributed by atoms with E-state index in [1.807, 2.05) is 0 Å². The van der Waals surface area contributed by atoms with Gasteiger partial charge in [0.25, 0.3) is 5.69 Å². The number of imidazole rings is 1. The van der Waals surface area contributed by atoms with E-state index in [9.17, 15) is 24.1 Å². The van der Waals surface area contributed by atoms with E-state index in [1.54, 1.807) is 20.8 Å². The highest BCUT2D eigenvalue weighted by atomic mass is 19.1. The molecule has 1 aliphatic heterocycles. The maximum absolute atomic E-state index is 14.3. The lowest BCUT2D eigenvalue weighted by atomic mass is 10.0. The van der Waals surface area contributed by atoms with Crippen LogP contribution < -0.4 is 10.1 Å². The first-order chi connectivity index (χ1) is 18.4. The number of hydrogen-bond acceptors (Lipinski definition) is 11. The fraction of sp³-hybridized carbons (Fsp3) is 0.375. The van der Waals surface area contributed by atoms with Crippen LogP contribution >= 0.6 is 0 Å². The summed E-state index contributed by atoms with van der Waals surface area (Å²) in [6.45, 7) is 4.65. The van der Waals surface area contributed by atoms with Crippen molar-refractivity contribution in [2.45, 2.75) is 51.0 Å². The molecule has 1 fully saturated rings. The molecule has 3 heterocycles. The van der Waals surface area contributed by atoms with E-state index in [0.29, 0.717) is 6.42 Å². The number of terminal acetylenes is 1. The van der Waals surface area contributed by atoms with Crippen LogP contribution in [0, 0.1) is 28.5 Å². The summed E-state index contributed by atoms with van der Waals surface area (Å²) in [5.41, 5.74) is -2.17. The van der Waals surface area contributed by atoms with Crippen molar-refractivity contribution in [1.82, 2.24) is 19.5 Å². The molecule has 1 N–H and O–H groups in total. The Balaban J connectivity index is 1.44. The number of amides is 1. The van der Waals surface area contributed by atoms with Gasteiger partial charge in [-0.2, -0.15) is 14.4 Å². The molecule has 0 bridgehead atoms. The van der Waals surface area contributed by atoms with E-state index in [1.165, 1.54) is 35.2 Å². The summed E-state index contributed by atoms with van der Waals surface area (Å²) in [4.78, 5) is 46.1. The van der Waals surface area contributed by atoms with Gasteiger partial charge in [-0.15, -0.1) is 6.42 Å². The summed E-state index contributed by atoms with van der Waals surface area (Å²) in [6.07, 6.45) is 3.80. The van der Waals surface area contributed by atoms with Crippen LogP contribution in [0.15, 0.2) is 30.6 Å². The highest BCUT2D eigenvalue weighted by Crippen LogP contribution is 2.38. The Bertz CT molecular complexity index is 1460. The third-order valence-corrected chi connectivity index (χ3v) is 5.42. The zero-order valence-electron chi connectivity index (χ0n) is 21.0. The topological polar surface area (TPSA) is 170 Å². The Labute approximate surface area is 220 Å². The van der Waals surface area contributed by atoms with Crippen LogP contribution in [0.3, 0.4) is 0 Å². The summed E-state index contributed by atoms with van der Waals surface area (Å²) in [5.74, 6) is 2.33. The molecule has 2 atom stereocenters. The molecule has 2 aromatic heterocycles. The van der Waals surface area contributed by atoms with Gasteiger partial charge in [0.15, 0.2) is 22.6 Å². The molecule has 204 valence electrons. The lowest BCUT2D eigenvalue weighted by Gasteiger charge is -2.23. The third kappa shape index (κ3) is 6.36. The van der Waals surface area contributed by atoms with Gasteiger partial charge >= 0.3 is 18.3 Å². The van der Waals surface area contributed by atoms with Crippen molar-refractivity contribution < 1.29 is 37.9 Å². The van der Waals surface area contributed by atoms with Crippen molar-refractivity contribution in [2.75, 3.05) is 11.9 Å². The van der Waals surface area contributed by atoms with Gasteiger partial charge in [0.2, 0.25) is 0 Å². The van der Waals surface area contributed by atoms with Crippen LogP contribution in [-0.4, -0.2) is 54.5 Å². The molecule has 1 aromatic carbocycles. The number of nitrogens with zero attached hydrogens (tertiary/aromatic N) is 5. The standard InChI is InChI=1S/C24H23FN6O8/c1-5-24(12-36-22(33)37-15-8-6-14(7-9-15)31(34)35)11-10-16(38-24)30-13-26-17-18(27-20(25)29-19(17)30)28-21(32)39-23(2,3)4/h1,6-9,13,16H,10-12H2,2-4H3,(H,27,28,29,32)/t16?,24-/m0/s1. The Morgan fingerprint density at radius 2 is 2.05 bits per heavy atom. The predicted octanol–water partition coefficient (Wildman–Crippen LogP) is 4.12. The van der Waals surface area contributed by atoms with Crippen LogP contribution in [0.1, 0.15) is 39.8 Å². The molecule has 39 heavy (non-hydrogen) atoms. The van der Waals surface area contributed by atoms with Crippen molar-refractivity contribution in [3.05, 3.63) is 46.8 Å². The monoisotopic (exact) mass is 542 g/mol. The maximum Gasteiger partial charge on any atom is 0.513 e. The van der Waals surface area contributed by atoms with Crippen LogP contribution in [0.4, 0.5) is 25.5 Å². The Morgan fingerprint density at radius 1 is 1.33 bits per heavy atom. The van der Waals surface area contributed by atoms with Gasteiger partial charge in [0.1, 0.15) is 24.2 Å². The Kier molecular flexibility index (Phi) is 7.32. The minimum Gasteiger partial charge on any atom is -0.444 e. The molecule has 0 aliphatic carbocycles. The molecule has 1 unspecified atom stereocenters. The number of ether oxygens (including phenoxy) is 4. The second kappa shape index (κ2) is 10.5. The largest absolute Gasteiger partial charge is 0.513 e. The number of anilines is 1. The van der Waals surface area contributed by atoms with Crippen LogP contribution in [0.25, 0.3) is 11.2 Å². The maximum atomic E-state index is 14.3. The number of nitro groups is 1. The highest BCUT2D eigenvalue weighted by Gasteiger charge is 2.42. The highest BCUT2D eigenvalue weighted by molar-refractivity contribution is 5.93. The minimum absolute atomic E-state index is 0.0323. The summed E-state index contributed by atoms with van der Waals surface area (Å²) in [5, 5.41) is 13.1. The van der Waals surface area contributed by atoms with Gasteiger partial charge in [-0.05, 0) is 45.7 Å². The first-order valence-corrected chi connectivity index (χ1v) is 11.5. The molecule has 4 rings (SSSR count). The van der Waals surface area contributed by atoms with Gasteiger partial charge in [-0.3, -0.25) is 20.0 Å². The SMILES string of the molecule is C#C[C@@]1(COC(=O)Oc2ccc([N+](=O)[O-])cc2)CCC(n2cnc3c(NC(=O)OC(C)(C)C)nc(F)nc32)O1. The van der Waals surface area contributed by atoms with E-state index in [0.717, 1.165) is 0 Å². The number of nitro benzene ring substituents is 1. The number of nitrogens with one attached hydrogen (secondary N) is 1. The molecule has 15 heteroatoms. The number of aromatic nitrogens is 4. The van der Waals surface area contributed by atoms with Gasteiger partial charge in [0, 0.05) is 12.1 Å². The second-order valence-electron chi connectivity index (χ2n) is 9.43. The Morgan fingerprint density at radius 3 is 2.69 bits per heavy atom. The number of fused-ring (bicyclic) bond motifs is 1. The number of halogens is 1. The van der Waals surface area contributed by atoms with Gasteiger partial charge in [-0.1, -0.05) is 5.92 Å². The first kappa shape index (κ1) is 27.2. The number of benzene rings is 1. The van der Waals surface area contributed by atoms with E-state index < -0.39 is 40.7 Å². The zero-order chi connectivity index (χ0) is 28.4. The molecule has 1 aliphatic rings. The van der Waals surface area contributed by atoms with Crippen LogP contribution in [0.5, 0.6) is 5.75 Å². The lowest BCUT2D eigenvalue weighted by Crippen LogP contribution is -2.34. The number of carbonyl (C=O) groups excluding carboxylic acids is 2. The molecule has 0 radical (unpaired) electrons. The van der Waals surface area contributed by atoms with Crippen molar-refractivity contribution in [1.29, 1.82) is 0 Å². The summed E-state index contributed by atoms with van der Waals surface area (Å²) < 4.78 is 37.0. The average Bonchev–Trinajstić information content (AvgIpc) is 3.47. The molecule has 0 saturated carbocycles. The molecular formula is C24H23FN6O8. The van der Waals surface area contributed by atoms with E-state index in [2.05, 4.69) is 26.2 Å². The van der Waals surface area contributed by atoms with Crippen molar-refractivity contribution in [3.8, 4) is 18.1 Å². The van der Waals surface area contributed by atoms with E-state index >= 15 is 0 Å². The minimum atomic E-state index is -1.33. The molecule has 1 saturated heterocycles. The number of hydrogen-bond donors (Lipinski definition) is 1.